The van der Waals surface area contributed by atoms with Crippen molar-refractivity contribution in [3.8, 4) is 0 Å². The van der Waals surface area contributed by atoms with Gasteiger partial charge in [0.2, 0.25) is 5.91 Å². The molecular weight excluding hydrogens is 370 g/mol. The van der Waals surface area contributed by atoms with E-state index in [1.165, 1.54) is 11.3 Å². The van der Waals surface area contributed by atoms with Gasteiger partial charge in [-0.05, 0) is 56.6 Å². The van der Waals surface area contributed by atoms with Crippen LogP contribution in [0.2, 0.25) is 0 Å². The summed E-state index contributed by atoms with van der Waals surface area (Å²) < 4.78 is 6.03. The second kappa shape index (κ2) is 9.05. The molecule has 2 N–H and O–H groups in total. The summed E-state index contributed by atoms with van der Waals surface area (Å²) in [5.41, 5.74) is 1.22. The fraction of sp³-hybridized carbons (Fsp3) is 0.444. The van der Waals surface area contributed by atoms with Crippen LogP contribution in [0.5, 0.6) is 0 Å². The molecule has 8 heteroatoms. The smallest absolute Gasteiger partial charge is 0.338 e. The van der Waals surface area contributed by atoms with Crippen LogP contribution in [-0.2, 0) is 9.53 Å². The quantitative estimate of drug-likeness (QED) is 0.568. The number of benzene rings is 1. The number of hydrogen-bond donors (Lipinski definition) is 2. The van der Waals surface area contributed by atoms with Gasteiger partial charge in [-0.15, -0.1) is 0 Å². The first-order valence-electron chi connectivity index (χ1n) is 8.47. The van der Waals surface area contributed by atoms with Crippen LogP contribution in [-0.4, -0.2) is 28.1 Å². The van der Waals surface area contributed by atoms with E-state index in [2.05, 4.69) is 29.5 Å². The molecule has 0 unspecified atom stereocenters. The number of fused-ring (bicyclic) bond motifs is 1. The average molecular weight is 394 g/mol. The molecule has 0 saturated heterocycles. The Morgan fingerprint density at radius 3 is 2.65 bits per heavy atom. The Kier molecular flexibility index (Phi) is 7.05. The molecular formula is C18H23N3O3S2. The van der Waals surface area contributed by atoms with Gasteiger partial charge in [-0.25, -0.2) is 9.78 Å². The highest BCUT2D eigenvalue weighted by atomic mass is 32.1. The molecule has 0 spiro atoms. The van der Waals surface area contributed by atoms with Crippen molar-refractivity contribution in [1.82, 2.24) is 10.3 Å². The number of nitrogens with zero attached hydrogens (tertiary/aromatic N) is 1. The number of carbonyl (C=O) groups excluding carboxylic acids is 2. The van der Waals surface area contributed by atoms with Gasteiger partial charge in [-0.3, -0.25) is 4.79 Å². The Morgan fingerprint density at radius 1 is 1.27 bits per heavy atom. The Labute approximate surface area is 162 Å². The third-order valence-corrected chi connectivity index (χ3v) is 4.53. The van der Waals surface area contributed by atoms with Gasteiger partial charge in [0, 0.05) is 6.42 Å². The van der Waals surface area contributed by atoms with Crippen LogP contribution < -0.4 is 10.6 Å². The predicted molar refractivity (Wildman–Crippen MR) is 109 cm³/mol. The molecule has 0 saturated carbocycles. The molecule has 0 atom stereocenters. The molecule has 1 amide bonds. The Morgan fingerprint density at radius 2 is 2.00 bits per heavy atom. The highest BCUT2D eigenvalue weighted by Crippen LogP contribution is 2.27. The van der Waals surface area contributed by atoms with Crippen LogP contribution in [0.1, 0.15) is 50.9 Å². The number of hydrogen-bond acceptors (Lipinski definition) is 6. The van der Waals surface area contributed by atoms with Crippen LogP contribution in [0.4, 0.5) is 5.13 Å². The molecule has 140 valence electrons. The van der Waals surface area contributed by atoms with Crippen molar-refractivity contribution in [3.05, 3.63) is 23.8 Å². The number of ether oxygens (including phenoxy) is 1. The summed E-state index contributed by atoms with van der Waals surface area (Å²) >= 11 is 6.51. The minimum atomic E-state index is -0.363. The summed E-state index contributed by atoms with van der Waals surface area (Å²) in [6.07, 6.45) is 1.07. The molecule has 1 aromatic heterocycles. The molecule has 1 heterocycles. The zero-order valence-electron chi connectivity index (χ0n) is 15.3. The lowest BCUT2D eigenvalue weighted by Gasteiger charge is -2.08. The predicted octanol–water partition coefficient (Wildman–Crippen LogP) is 4.11. The Hall–Kier alpha value is -2.06. The zero-order chi connectivity index (χ0) is 19.3. The van der Waals surface area contributed by atoms with E-state index in [1.54, 1.807) is 18.2 Å². The summed E-state index contributed by atoms with van der Waals surface area (Å²) in [7, 11) is 0. The van der Waals surface area contributed by atoms with Crippen molar-refractivity contribution in [2.75, 3.05) is 5.32 Å². The summed E-state index contributed by atoms with van der Waals surface area (Å²) in [5.74, 6) is -0.0168. The summed E-state index contributed by atoms with van der Waals surface area (Å²) in [6, 6.07) is 5.19. The molecule has 0 aliphatic rings. The van der Waals surface area contributed by atoms with E-state index in [0.29, 0.717) is 23.0 Å². The SMILES string of the molecule is CC(C)CCC(=O)NC(=S)Nc1nc2ccc(C(=O)OC(C)C)cc2s1. The standard InChI is InChI=1S/C18H23N3O3S2/c1-10(2)5-8-15(22)20-17(25)21-18-19-13-7-6-12(9-14(13)26-18)16(23)24-11(3)4/h6-7,9-11H,5,8H2,1-4H3,(H2,19,20,21,22,25). The van der Waals surface area contributed by atoms with Crippen LogP contribution in [0.25, 0.3) is 10.2 Å². The molecule has 0 radical (unpaired) electrons. The van der Waals surface area contributed by atoms with Crippen molar-refractivity contribution in [3.63, 3.8) is 0 Å². The van der Waals surface area contributed by atoms with Crippen LogP contribution in [0, 0.1) is 5.92 Å². The summed E-state index contributed by atoms with van der Waals surface area (Å²) in [5, 5.41) is 6.35. The number of amides is 1. The van der Waals surface area contributed by atoms with E-state index in [0.717, 1.165) is 16.6 Å². The monoisotopic (exact) mass is 393 g/mol. The molecule has 2 rings (SSSR count). The second-order valence-electron chi connectivity index (χ2n) is 6.59. The molecule has 0 aliphatic carbocycles. The number of nitrogens with one attached hydrogen (secondary N) is 2. The number of anilines is 1. The largest absolute Gasteiger partial charge is 0.459 e. The van der Waals surface area contributed by atoms with E-state index < -0.39 is 0 Å². The molecule has 26 heavy (non-hydrogen) atoms. The van der Waals surface area contributed by atoms with Crippen molar-refractivity contribution in [2.24, 2.45) is 5.92 Å². The third kappa shape index (κ3) is 6.03. The fourth-order valence-electron chi connectivity index (χ4n) is 2.12. The first kappa shape index (κ1) is 20.3. The molecule has 2 aromatic rings. The molecule has 6 nitrogen and oxygen atoms in total. The van der Waals surface area contributed by atoms with E-state index in [4.69, 9.17) is 17.0 Å². The number of thiazole rings is 1. The average Bonchev–Trinajstić information content (AvgIpc) is 2.93. The maximum atomic E-state index is 12.0. The third-order valence-electron chi connectivity index (χ3n) is 3.39. The summed E-state index contributed by atoms with van der Waals surface area (Å²) in [6.45, 7) is 7.75. The van der Waals surface area contributed by atoms with Crippen LogP contribution >= 0.6 is 23.6 Å². The minimum Gasteiger partial charge on any atom is -0.459 e. The van der Waals surface area contributed by atoms with Crippen molar-refractivity contribution in [1.29, 1.82) is 0 Å². The molecule has 1 aromatic carbocycles. The van der Waals surface area contributed by atoms with Gasteiger partial charge in [-0.1, -0.05) is 25.2 Å². The molecule has 0 bridgehead atoms. The van der Waals surface area contributed by atoms with Crippen LogP contribution in [0.15, 0.2) is 18.2 Å². The lowest BCUT2D eigenvalue weighted by Crippen LogP contribution is -2.34. The van der Waals surface area contributed by atoms with Gasteiger partial charge in [-0.2, -0.15) is 0 Å². The topological polar surface area (TPSA) is 80.3 Å². The highest BCUT2D eigenvalue weighted by Gasteiger charge is 2.13. The van der Waals surface area contributed by atoms with Crippen molar-refractivity contribution in [2.45, 2.75) is 46.6 Å². The maximum absolute atomic E-state index is 12.0. The molecule has 0 fully saturated rings. The van der Waals surface area contributed by atoms with Crippen molar-refractivity contribution < 1.29 is 14.3 Å². The first-order valence-corrected chi connectivity index (χ1v) is 9.69. The number of rotatable bonds is 6. The van der Waals surface area contributed by atoms with Crippen molar-refractivity contribution >= 4 is 55.9 Å². The maximum Gasteiger partial charge on any atom is 0.338 e. The van der Waals surface area contributed by atoms with E-state index >= 15 is 0 Å². The van der Waals surface area contributed by atoms with E-state index in [1.807, 2.05) is 13.8 Å². The number of esters is 1. The van der Waals surface area contributed by atoms with Gasteiger partial charge in [0.05, 0.1) is 21.9 Å². The fourth-order valence-corrected chi connectivity index (χ4v) is 3.31. The van der Waals surface area contributed by atoms with Crippen LogP contribution in [0.3, 0.4) is 0 Å². The number of carbonyl (C=O) groups is 2. The zero-order valence-corrected chi connectivity index (χ0v) is 16.9. The highest BCUT2D eigenvalue weighted by molar-refractivity contribution is 7.80. The summed E-state index contributed by atoms with van der Waals surface area (Å²) in [4.78, 5) is 28.2. The lowest BCUT2D eigenvalue weighted by atomic mass is 10.1. The minimum absolute atomic E-state index is 0.115. The van der Waals surface area contributed by atoms with E-state index in [-0.39, 0.29) is 23.1 Å². The van der Waals surface area contributed by atoms with Gasteiger partial charge in [0.25, 0.3) is 0 Å². The van der Waals surface area contributed by atoms with E-state index in [9.17, 15) is 9.59 Å². The lowest BCUT2D eigenvalue weighted by molar-refractivity contribution is -0.119. The van der Waals surface area contributed by atoms with Gasteiger partial charge in [0.15, 0.2) is 10.2 Å². The Balaban J connectivity index is 2.01. The Bertz CT molecular complexity index is 815. The second-order valence-corrected chi connectivity index (χ2v) is 8.03. The number of thiocarbonyl (C=S) groups is 1. The van der Waals surface area contributed by atoms with Gasteiger partial charge in [0.1, 0.15) is 0 Å². The number of aromatic nitrogens is 1. The first-order chi connectivity index (χ1) is 12.2. The molecule has 0 aliphatic heterocycles. The van der Waals surface area contributed by atoms with Gasteiger partial charge >= 0.3 is 5.97 Å². The van der Waals surface area contributed by atoms with Gasteiger partial charge < -0.3 is 15.4 Å². The normalized spacial score (nSPS) is 11.0.